The van der Waals surface area contributed by atoms with Crippen LogP contribution in [0.5, 0.6) is 5.75 Å². The van der Waals surface area contributed by atoms with Crippen molar-refractivity contribution in [3.05, 3.63) is 253 Å². The standard InChI is InChI=1S/C56H41NO/c1-2-13-46(36-48-38-58-55-21-12-10-18-50(48)55)41-24-30-44(31-25-41)56(43-28-22-40(23-29-43)39-14-5-3-6-15-39)45-32-26-42(27-33-45)47-34-35-54-52(37-47)51-19-9-11-20-53(51)57(54)49-16-7-4-8-17-49/h2-37,56H,1,38H2/b46-13+,48-36+. The Bertz CT molecular complexity index is 2970. The fourth-order valence-corrected chi connectivity index (χ4v) is 8.57. The lowest BCUT2D eigenvalue weighted by Gasteiger charge is -2.20. The Labute approximate surface area is 340 Å². The number of aromatic nitrogens is 1. The molecule has 0 bridgehead atoms. The van der Waals surface area contributed by atoms with Gasteiger partial charge in [0, 0.05) is 33.5 Å². The molecular weight excluding hydrogens is 703 g/mol. The van der Waals surface area contributed by atoms with Crippen LogP contribution >= 0.6 is 0 Å². The molecule has 9 aromatic rings. The highest BCUT2D eigenvalue weighted by Gasteiger charge is 2.20. The molecule has 58 heavy (non-hydrogen) atoms. The second-order valence-electron chi connectivity index (χ2n) is 14.9. The molecule has 2 nitrogen and oxygen atoms in total. The second kappa shape index (κ2) is 15.3. The zero-order valence-electron chi connectivity index (χ0n) is 32.1. The molecule has 1 aliphatic heterocycles. The topological polar surface area (TPSA) is 14.2 Å². The van der Waals surface area contributed by atoms with Crippen molar-refractivity contribution >= 4 is 33.0 Å². The van der Waals surface area contributed by atoms with Gasteiger partial charge in [-0.15, -0.1) is 0 Å². The Balaban J connectivity index is 1.02. The summed E-state index contributed by atoms with van der Waals surface area (Å²) in [4.78, 5) is 0. The third kappa shape index (κ3) is 6.55. The Kier molecular flexibility index (Phi) is 9.21. The highest BCUT2D eigenvalue weighted by Crippen LogP contribution is 2.39. The number of rotatable bonds is 9. The number of hydrogen-bond acceptors (Lipinski definition) is 1. The molecule has 2 heteroatoms. The molecule has 0 spiro atoms. The second-order valence-corrected chi connectivity index (χ2v) is 14.9. The first-order valence-electron chi connectivity index (χ1n) is 19.9. The van der Waals surface area contributed by atoms with Gasteiger partial charge in [0.05, 0.1) is 11.0 Å². The van der Waals surface area contributed by atoms with E-state index in [1.807, 2.05) is 18.2 Å². The highest BCUT2D eigenvalue weighted by atomic mass is 16.5. The minimum atomic E-state index is 0.0412. The fourth-order valence-electron chi connectivity index (χ4n) is 8.57. The predicted octanol–water partition coefficient (Wildman–Crippen LogP) is 14.3. The molecule has 1 aliphatic rings. The summed E-state index contributed by atoms with van der Waals surface area (Å²) in [6.07, 6.45) is 6.18. The van der Waals surface area contributed by atoms with Crippen LogP contribution in [0.2, 0.25) is 0 Å². The van der Waals surface area contributed by atoms with Crippen LogP contribution in [0.3, 0.4) is 0 Å². The van der Waals surface area contributed by atoms with Gasteiger partial charge in [-0.05, 0) is 92.6 Å². The van der Waals surface area contributed by atoms with Gasteiger partial charge in [0.1, 0.15) is 12.4 Å². The predicted molar refractivity (Wildman–Crippen MR) is 244 cm³/mol. The normalized spacial score (nSPS) is 13.7. The first-order valence-corrected chi connectivity index (χ1v) is 19.9. The summed E-state index contributed by atoms with van der Waals surface area (Å²) < 4.78 is 8.35. The van der Waals surface area contributed by atoms with Gasteiger partial charge in [-0.25, -0.2) is 0 Å². The molecule has 1 aromatic heterocycles. The molecule has 0 fully saturated rings. The van der Waals surface area contributed by atoms with E-state index < -0.39 is 0 Å². The van der Waals surface area contributed by atoms with E-state index in [0.29, 0.717) is 6.61 Å². The van der Waals surface area contributed by atoms with E-state index in [9.17, 15) is 0 Å². The first kappa shape index (κ1) is 35.0. The molecule has 0 aliphatic carbocycles. The summed E-state index contributed by atoms with van der Waals surface area (Å²) >= 11 is 0. The number of fused-ring (bicyclic) bond motifs is 4. The average molecular weight is 744 g/mol. The molecule has 0 radical (unpaired) electrons. The van der Waals surface area contributed by atoms with Crippen LogP contribution in [0, 0.1) is 0 Å². The largest absolute Gasteiger partial charge is 0.488 e. The van der Waals surface area contributed by atoms with E-state index in [2.05, 4.69) is 211 Å². The van der Waals surface area contributed by atoms with Crippen LogP contribution in [0.25, 0.3) is 60.9 Å². The quantitative estimate of drug-likeness (QED) is 0.106. The van der Waals surface area contributed by atoms with Crippen molar-refractivity contribution in [2.45, 2.75) is 5.92 Å². The van der Waals surface area contributed by atoms with Crippen molar-refractivity contribution in [3.8, 4) is 33.7 Å². The van der Waals surface area contributed by atoms with Gasteiger partial charge in [-0.3, -0.25) is 0 Å². The zero-order chi connectivity index (χ0) is 38.8. The van der Waals surface area contributed by atoms with Crippen LogP contribution in [0.1, 0.15) is 33.7 Å². The summed E-state index contributed by atoms with van der Waals surface area (Å²) in [6.45, 7) is 4.59. The van der Waals surface area contributed by atoms with Gasteiger partial charge in [-0.2, -0.15) is 0 Å². The molecule has 0 N–H and O–H groups in total. The number of nitrogens with zero attached hydrogens (tertiary/aromatic N) is 1. The lowest BCUT2D eigenvalue weighted by molar-refractivity contribution is 0.388. The van der Waals surface area contributed by atoms with Crippen molar-refractivity contribution in [1.29, 1.82) is 0 Å². The van der Waals surface area contributed by atoms with Crippen LogP contribution in [0.15, 0.2) is 225 Å². The highest BCUT2D eigenvalue weighted by molar-refractivity contribution is 6.10. The minimum absolute atomic E-state index is 0.0412. The summed E-state index contributed by atoms with van der Waals surface area (Å²) in [6, 6.07) is 72.4. The van der Waals surface area contributed by atoms with E-state index in [1.165, 1.54) is 72.0 Å². The number of benzene rings is 8. The lowest BCUT2D eigenvalue weighted by Crippen LogP contribution is -2.04. The van der Waals surface area contributed by atoms with E-state index in [1.54, 1.807) is 0 Å². The van der Waals surface area contributed by atoms with Crippen molar-refractivity contribution < 1.29 is 4.74 Å². The van der Waals surface area contributed by atoms with Gasteiger partial charge in [0.15, 0.2) is 0 Å². The third-order valence-electron chi connectivity index (χ3n) is 11.4. The van der Waals surface area contributed by atoms with Crippen LogP contribution < -0.4 is 4.74 Å². The maximum Gasteiger partial charge on any atom is 0.127 e. The monoisotopic (exact) mass is 743 g/mol. The zero-order valence-corrected chi connectivity index (χ0v) is 32.1. The molecule has 10 rings (SSSR count). The molecule has 8 aromatic carbocycles. The number of ether oxygens (including phenoxy) is 1. The first-order chi connectivity index (χ1) is 28.7. The van der Waals surface area contributed by atoms with E-state index >= 15 is 0 Å². The number of allylic oxidation sites excluding steroid dienone is 4. The van der Waals surface area contributed by atoms with Crippen molar-refractivity contribution in [3.63, 3.8) is 0 Å². The van der Waals surface area contributed by atoms with Gasteiger partial charge in [0.2, 0.25) is 0 Å². The molecular formula is C56H41NO. The summed E-state index contributed by atoms with van der Waals surface area (Å²) in [5.74, 6) is 0.977. The van der Waals surface area contributed by atoms with Crippen molar-refractivity contribution in [1.82, 2.24) is 4.57 Å². The molecule has 1 atom stereocenters. The van der Waals surface area contributed by atoms with E-state index in [0.717, 1.165) is 22.4 Å². The van der Waals surface area contributed by atoms with Crippen LogP contribution in [0.4, 0.5) is 0 Å². The van der Waals surface area contributed by atoms with Crippen LogP contribution in [-0.4, -0.2) is 11.2 Å². The fraction of sp³-hybridized carbons (Fsp3) is 0.0357. The maximum atomic E-state index is 5.98. The van der Waals surface area contributed by atoms with E-state index in [4.69, 9.17) is 4.74 Å². The molecule has 0 amide bonds. The number of para-hydroxylation sites is 3. The molecule has 2 heterocycles. The minimum Gasteiger partial charge on any atom is -0.488 e. The summed E-state index contributed by atoms with van der Waals surface area (Å²) in [5, 5.41) is 2.51. The third-order valence-corrected chi connectivity index (χ3v) is 11.4. The average Bonchev–Trinajstić information content (AvgIpc) is 3.86. The molecule has 0 saturated carbocycles. The van der Waals surface area contributed by atoms with Gasteiger partial charge >= 0.3 is 0 Å². The van der Waals surface area contributed by atoms with Crippen molar-refractivity contribution in [2.24, 2.45) is 0 Å². The molecule has 1 unspecified atom stereocenters. The summed E-state index contributed by atoms with van der Waals surface area (Å²) in [7, 11) is 0. The Hall–Kier alpha value is -7.42. The molecule has 0 saturated heterocycles. The Morgan fingerprint density at radius 1 is 0.517 bits per heavy atom. The smallest absolute Gasteiger partial charge is 0.127 e. The summed E-state index contributed by atoms with van der Waals surface area (Å²) in [5.41, 5.74) is 16.7. The van der Waals surface area contributed by atoms with Gasteiger partial charge in [-0.1, -0.05) is 183 Å². The molecule has 276 valence electrons. The van der Waals surface area contributed by atoms with E-state index in [-0.39, 0.29) is 5.92 Å². The van der Waals surface area contributed by atoms with Crippen molar-refractivity contribution in [2.75, 3.05) is 6.61 Å². The van der Waals surface area contributed by atoms with Gasteiger partial charge in [0.25, 0.3) is 0 Å². The maximum absolute atomic E-state index is 5.98. The Morgan fingerprint density at radius 3 is 1.78 bits per heavy atom. The van der Waals surface area contributed by atoms with Gasteiger partial charge < -0.3 is 9.30 Å². The SMILES string of the molecule is C=C/C=C(\C=C1/COc2ccccc21)c1ccc(C(c2ccc(-c3ccccc3)cc2)c2ccc(-c3ccc4c(c3)c3ccccc3n4-c3ccccc3)cc2)cc1. The number of hydrogen-bond donors (Lipinski definition) is 0. The Morgan fingerprint density at radius 2 is 1.07 bits per heavy atom. The lowest BCUT2D eigenvalue weighted by atomic mass is 9.83. The van der Waals surface area contributed by atoms with Crippen LogP contribution in [-0.2, 0) is 0 Å².